The molecular weight excluding hydrogens is 208 g/mol. The summed E-state index contributed by atoms with van der Waals surface area (Å²) in [5, 5.41) is 10.6. The molecule has 1 aliphatic rings. The normalized spacial score (nSPS) is 18.1. The molecule has 0 unspecified atom stereocenters. The molecule has 1 heterocycles. The third kappa shape index (κ3) is 4.53. The van der Waals surface area contributed by atoms with Crippen LogP contribution in [0.25, 0.3) is 0 Å². The Morgan fingerprint density at radius 1 is 1.44 bits per heavy atom. The number of carbonyl (C=O) groups excluding carboxylic acids is 1. The van der Waals surface area contributed by atoms with E-state index in [0.717, 1.165) is 24.7 Å². The van der Waals surface area contributed by atoms with E-state index in [4.69, 9.17) is 9.84 Å². The van der Waals surface area contributed by atoms with E-state index in [-0.39, 0.29) is 0 Å². The van der Waals surface area contributed by atoms with Crippen molar-refractivity contribution < 1.29 is 14.6 Å². The van der Waals surface area contributed by atoms with Crippen LogP contribution in [0.4, 0.5) is 4.79 Å². The first-order valence-electron chi connectivity index (χ1n) is 5.47. The molecule has 0 saturated carbocycles. The molecule has 1 aliphatic heterocycles. The van der Waals surface area contributed by atoms with E-state index in [1.807, 2.05) is 20.8 Å². The standard InChI is InChI=1S/C11H20N2O3/c1-11(2,3)16-10(15)12-13-6-4-9(8-14)5-7-13/h8,14H,4-7H2,1-3H3,(H,12,15). The fourth-order valence-electron chi connectivity index (χ4n) is 1.46. The van der Waals surface area contributed by atoms with Gasteiger partial charge in [-0.25, -0.2) is 9.80 Å². The van der Waals surface area contributed by atoms with E-state index < -0.39 is 11.7 Å². The quantitative estimate of drug-likeness (QED) is 0.673. The van der Waals surface area contributed by atoms with Gasteiger partial charge < -0.3 is 9.84 Å². The van der Waals surface area contributed by atoms with Crippen molar-refractivity contribution in [3.05, 3.63) is 11.8 Å². The summed E-state index contributed by atoms with van der Waals surface area (Å²) in [5.74, 6) is 0. The number of nitrogens with one attached hydrogen (secondary N) is 1. The third-order valence-corrected chi connectivity index (χ3v) is 2.24. The molecule has 0 spiro atoms. The minimum Gasteiger partial charge on any atom is -0.516 e. The molecule has 16 heavy (non-hydrogen) atoms. The third-order valence-electron chi connectivity index (χ3n) is 2.24. The number of aliphatic hydroxyl groups excluding tert-OH is 1. The van der Waals surface area contributed by atoms with Gasteiger partial charge in [0.2, 0.25) is 0 Å². The Hall–Kier alpha value is -1.23. The molecule has 0 aromatic rings. The van der Waals surface area contributed by atoms with Gasteiger partial charge in [-0.15, -0.1) is 0 Å². The lowest BCUT2D eigenvalue weighted by atomic mass is 10.1. The van der Waals surface area contributed by atoms with Crippen molar-refractivity contribution in [2.75, 3.05) is 13.1 Å². The van der Waals surface area contributed by atoms with Crippen LogP contribution in [0.3, 0.4) is 0 Å². The Morgan fingerprint density at radius 3 is 2.44 bits per heavy atom. The van der Waals surface area contributed by atoms with Crippen molar-refractivity contribution in [2.24, 2.45) is 0 Å². The molecule has 0 radical (unpaired) electrons. The van der Waals surface area contributed by atoms with Crippen molar-refractivity contribution in [1.82, 2.24) is 10.4 Å². The van der Waals surface area contributed by atoms with Crippen LogP contribution >= 0.6 is 0 Å². The van der Waals surface area contributed by atoms with Crippen LogP contribution in [0.5, 0.6) is 0 Å². The molecular formula is C11H20N2O3. The van der Waals surface area contributed by atoms with Crippen molar-refractivity contribution in [2.45, 2.75) is 39.2 Å². The SMILES string of the molecule is CC(C)(C)OC(=O)NN1CCC(=CO)CC1. The summed E-state index contributed by atoms with van der Waals surface area (Å²) in [4.78, 5) is 11.4. The molecule has 1 amide bonds. The number of hydrogen-bond donors (Lipinski definition) is 2. The largest absolute Gasteiger partial charge is 0.516 e. The van der Waals surface area contributed by atoms with Crippen molar-refractivity contribution in [3.63, 3.8) is 0 Å². The highest BCUT2D eigenvalue weighted by molar-refractivity contribution is 5.67. The second-order valence-corrected chi connectivity index (χ2v) is 4.89. The monoisotopic (exact) mass is 228 g/mol. The van der Waals surface area contributed by atoms with Crippen molar-refractivity contribution >= 4 is 6.09 Å². The van der Waals surface area contributed by atoms with Crippen LogP contribution in [0.1, 0.15) is 33.6 Å². The highest BCUT2D eigenvalue weighted by Crippen LogP contribution is 2.14. The van der Waals surface area contributed by atoms with E-state index in [1.54, 1.807) is 5.01 Å². The summed E-state index contributed by atoms with van der Waals surface area (Å²) in [6, 6.07) is 0. The van der Waals surface area contributed by atoms with Gasteiger partial charge >= 0.3 is 6.09 Å². The van der Waals surface area contributed by atoms with Crippen LogP contribution in [-0.4, -0.2) is 34.9 Å². The van der Waals surface area contributed by atoms with Crippen molar-refractivity contribution in [1.29, 1.82) is 0 Å². The highest BCUT2D eigenvalue weighted by Gasteiger charge is 2.20. The molecule has 1 rings (SSSR count). The number of ether oxygens (including phenoxy) is 1. The molecule has 1 saturated heterocycles. The van der Waals surface area contributed by atoms with Crippen LogP contribution < -0.4 is 5.43 Å². The highest BCUT2D eigenvalue weighted by atomic mass is 16.6. The Bertz CT molecular complexity index is 271. The molecule has 5 heteroatoms. The van der Waals surface area contributed by atoms with Crippen molar-refractivity contribution in [3.8, 4) is 0 Å². The van der Waals surface area contributed by atoms with Gasteiger partial charge in [-0.1, -0.05) is 0 Å². The molecule has 0 aromatic carbocycles. The lowest BCUT2D eigenvalue weighted by molar-refractivity contribution is 0.0316. The minimum atomic E-state index is -0.476. The topological polar surface area (TPSA) is 61.8 Å². The molecule has 2 N–H and O–H groups in total. The number of rotatable bonds is 1. The van der Waals surface area contributed by atoms with Gasteiger partial charge in [0.05, 0.1) is 6.26 Å². The number of nitrogens with zero attached hydrogens (tertiary/aromatic N) is 1. The zero-order valence-electron chi connectivity index (χ0n) is 10.1. The number of hydrogen-bond acceptors (Lipinski definition) is 4. The molecule has 1 fully saturated rings. The molecule has 0 bridgehead atoms. The van der Waals surface area contributed by atoms with E-state index >= 15 is 0 Å². The predicted molar refractivity (Wildman–Crippen MR) is 60.9 cm³/mol. The Kier molecular flexibility index (Phi) is 4.18. The summed E-state index contributed by atoms with van der Waals surface area (Å²) in [7, 11) is 0. The Morgan fingerprint density at radius 2 is 2.00 bits per heavy atom. The van der Waals surface area contributed by atoms with Gasteiger partial charge in [0.1, 0.15) is 5.60 Å². The molecule has 0 aliphatic carbocycles. The summed E-state index contributed by atoms with van der Waals surface area (Å²) in [6.07, 6.45) is 2.27. The van der Waals surface area contributed by atoms with Crippen LogP contribution in [0.2, 0.25) is 0 Å². The summed E-state index contributed by atoms with van der Waals surface area (Å²) in [6.45, 7) is 6.89. The van der Waals surface area contributed by atoms with Crippen LogP contribution in [-0.2, 0) is 4.74 Å². The zero-order valence-corrected chi connectivity index (χ0v) is 10.1. The van der Waals surface area contributed by atoms with Gasteiger partial charge in [-0.3, -0.25) is 5.43 Å². The molecule has 5 nitrogen and oxygen atoms in total. The zero-order chi connectivity index (χ0) is 12.2. The predicted octanol–water partition coefficient (Wildman–Crippen LogP) is 1.96. The summed E-state index contributed by atoms with van der Waals surface area (Å²) >= 11 is 0. The molecule has 92 valence electrons. The second-order valence-electron chi connectivity index (χ2n) is 4.89. The van der Waals surface area contributed by atoms with Gasteiger partial charge in [0.15, 0.2) is 0 Å². The number of piperidine rings is 1. The lowest BCUT2D eigenvalue weighted by Crippen LogP contribution is -2.47. The van der Waals surface area contributed by atoms with Gasteiger partial charge in [-0.05, 0) is 39.2 Å². The maximum atomic E-state index is 11.4. The average molecular weight is 228 g/mol. The number of hydrazine groups is 1. The summed E-state index contributed by atoms with van der Waals surface area (Å²) in [5.41, 5.74) is 3.22. The van der Waals surface area contributed by atoms with Gasteiger partial charge in [-0.2, -0.15) is 0 Å². The van der Waals surface area contributed by atoms with E-state index in [1.165, 1.54) is 0 Å². The first-order valence-corrected chi connectivity index (χ1v) is 5.47. The fourth-order valence-corrected chi connectivity index (χ4v) is 1.46. The van der Waals surface area contributed by atoms with Crippen LogP contribution in [0, 0.1) is 0 Å². The number of amides is 1. The maximum absolute atomic E-state index is 11.4. The number of aliphatic hydroxyl groups is 1. The Labute approximate surface area is 96.0 Å². The lowest BCUT2D eigenvalue weighted by Gasteiger charge is -2.29. The van der Waals surface area contributed by atoms with E-state index in [2.05, 4.69) is 5.43 Å². The summed E-state index contributed by atoms with van der Waals surface area (Å²) < 4.78 is 5.14. The van der Waals surface area contributed by atoms with Crippen LogP contribution in [0.15, 0.2) is 11.8 Å². The first-order chi connectivity index (χ1) is 7.40. The fraction of sp³-hybridized carbons (Fsp3) is 0.727. The maximum Gasteiger partial charge on any atom is 0.422 e. The first kappa shape index (κ1) is 12.8. The molecule has 0 aromatic heterocycles. The van der Waals surface area contributed by atoms with Gasteiger partial charge in [0, 0.05) is 13.1 Å². The smallest absolute Gasteiger partial charge is 0.422 e. The minimum absolute atomic E-state index is 0.427. The average Bonchev–Trinajstić information content (AvgIpc) is 2.16. The number of carbonyl (C=O) groups is 1. The van der Waals surface area contributed by atoms with E-state index in [0.29, 0.717) is 13.1 Å². The second kappa shape index (κ2) is 5.21. The molecule has 0 atom stereocenters. The van der Waals surface area contributed by atoms with E-state index in [9.17, 15) is 4.79 Å². The van der Waals surface area contributed by atoms with Gasteiger partial charge in [0.25, 0.3) is 0 Å². The Balaban J connectivity index is 2.31.